The van der Waals surface area contributed by atoms with E-state index in [1.807, 2.05) is 42.3 Å². The fraction of sp³-hybridized carbons (Fsp3) is 0.143. The van der Waals surface area contributed by atoms with Gasteiger partial charge in [0.25, 0.3) is 0 Å². The lowest BCUT2D eigenvalue weighted by Crippen LogP contribution is -2.18. The number of ether oxygens (including phenoxy) is 1. The zero-order valence-electron chi connectivity index (χ0n) is 10.8. The van der Waals surface area contributed by atoms with Gasteiger partial charge in [0, 0.05) is 24.5 Å². The molecule has 2 aromatic rings. The van der Waals surface area contributed by atoms with Crippen molar-refractivity contribution in [1.29, 1.82) is 0 Å². The van der Waals surface area contributed by atoms with E-state index in [0.717, 1.165) is 22.7 Å². The molecule has 0 spiro atoms. The second kappa shape index (κ2) is 5.67. The summed E-state index contributed by atoms with van der Waals surface area (Å²) in [6.45, 7) is 0. The molecule has 0 unspecified atom stereocenters. The number of aromatic nitrogens is 1. The molecule has 0 aliphatic carbocycles. The molecule has 4 nitrogen and oxygen atoms in total. The zero-order chi connectivity index (χ0) is 13.8. The summed E-state index contributed by atoms with van der Waals surface area (Å²) < 4.78 is 5.14. The van der Waals surface area contributed by atoms with Crippen LogP contribution in [0.25, 0.3) is 0 Å². The number of nitrogens with zero attached hydrogens (tertiary/aromatic N) is 2. The Morgan fingerprint density at radius 1 is 1.26 bits per heavy atom. The average Bonchev–Trinajstić information content (AvgIpc) is 2.46. The number of hydrogen-bond donors (Lipinski definition) is 1. The van der Waals surface area contributed by atoms with Gasteiger partial charge in [0.2, 0.25) is 0 Å². The van der Waals surface area contributed by atoms with Gasteiger partial charge in [-0.05, 0) is 30.3 Å². The first-order chi connectivity index (χ1) is 9.13. The van der Waals surface area contributed by atoms with Crippen molar-refractivity contribution >= 4 is 28.6 Å². The lowest BCUT2D eigenvalue weighted by molar-refractivity contribution is 0.415. The predicted octanol–water partition coefficient (Wildman–Crippen LogP) is 2.49. The van der Waals surface area contributed by atoms with Crippen LogP contribution < -0.4 is 15.4 Å². The van der Waals surface area contributed by atoms with E-state index in [2.05, 4.69) is 4.98 Å². The minimum absolute atomic E-state index is 0.359. The lowest BCUT2D eigenvalue weighted by atomic mass is 10.2. The Labute approximate surface area is 117 Å². The van der Waals surface area contributed by atoms with Crippen molar-refractivity contribution in [1.82, 2.24) is 4.98 Å². The minimum Gasteiger partial charge on any atom is -0.497 e. The highest BCUT2D eigenvalue weighted by atomic mass is 32.1. The number of benzene rings is 1. The van der Waals surface area contributed by atoms with E-state index in [0.29, 0.717) is 4.99 Å². The summed E-state index contributed by atoms with van der Waals surface area (Å²) in [5.41, 5.74) is 8.42. The van der Waals surface area contributed by atoms with Crippen LogP contribution in [-0.2, 0) is 0 Å². The fourth-order valence-electron chi connectivity index (χ4n) is 1.81. The van der Waals surface area contributed by atoms with E-state index in [1.54, 1.807) is 19.5 Å². The molecule has 0 saturated carbocycles. The lowest BCUT2D eigenvalue weighted by Gasteiger charge is -2.21. The van der Waals surface area contributed by atoms with Crippen molar-refractivity contribution in [2.24, 2.45) is 5.73 Å². The Kier molecular flexibility index (Phi) is 3.97. The number of hydrogen-bond acceptors (Lipinski definition) is 4. The highest BCUT2D eigenvalue weighted by Crippen LogP contribution is 2.27. The molecule has 1 aromatic carbocycles. The molecule has 1 aromatic heterocycles. The molecule has 98 valence electrons. The van der Waals surface area contributed by atoms with Crippen molar-refractivity contribution in [3.05, 3.63) is 48.3 Å². The summed E-state index contributed by atoms with van der Waals surface area (Å²) in [5, 5.41) is 0. The summed E-state index contributed by atoms with van der Waals surface area (Å²) in [5.74, 6) is 0.818. The topological polar surface area (TPSA) is 51.4 Å². The predicted molar refractivity (Wildman–Crippen MR) is 81.2 cm³/mol. The third kappa shape index (κ3) is 2.82. The number of anilines is 2. The molecule has 19 heavy (non-hydrogen) atoms. The van der Waals surface area contributed by atoms with Crippen LogP contribution in [0.3, 0.4) is 0 Å². The zero-order valence-corrected chi connectivity index (χ0v) is 11.6. The smallest absolute Gasteiger partial charge is 0.119 e. The fourth-order valence-corrected chi connectivity index (χ4v) is 1.98. The highest BCUT2D eigenvalue weighted by molar-refractivity contribution is 7.80. The standard InChI is InChI=1S/C14H15N3OS/c1-17(10-3-5-11(18-2)6-4-10)13-9-16-8-7-12(13)14(15)19/h3-9H,1-2H3,(H2,15,19). The molecule has 0 amide bonds. The van der Waals surface area contributed by atoms with Crippen LogP contribution in [0.2, 0.25) is 0 Å². The largest absolute Gasteiger partial charge is 0.497 e. The van der Waals surface area contributed by atoms with Crippen LogP contribution in [0, 0.1) is 0 Å². The first-order valence-electron chi connectivity index (χ1n) is 5.75. The number of nitrogens with two attached hydrogens (primary N) is 1. The summed E-state index contributed by atoms with van der Waals surface area (Å²) in [6, 6.07) is 9.56. The molecule has 0 aliphatic rings. The monoisotopic (exact) mass is 273 g/mol. The molecule has 5 heteroatoms. The number of pyridine rings is 1. The van der Waals surface area contributed by atoms with Gasteiger partial charge in [-0.3, -0.25) is 4.98 Å². The van der Waals surface area contributed by atoms with Gasteiger partial charge in [-0.25, -0.2) is 0 Å². The van der Waals surface area contributed by atoms with Gasteiger partial charge in [-0.2, -0.15) is 0 Å². The highest BCUT2D eigenvalue weighted by Gasteiger charge is 2.11. The van der Waals surface area contributed by atoms with E-state index in [9.17, 15) is 0 Å². The molecule has 0 aliphatic heterocycles. The van der Waals surface area contributed by atoms with Gasteiger partial charge in [-0.1, -0.05) is 12.2 Å². The maximum absolute atomic E-state index is 5.73. The normalized spacial score (nSPS) is 10.0. The first kappa shape index (κ1) is 13.3. The van der Waals surface area contributed by atoms with Crippen molar-refractivity contribution in [3.63, 3.8) is 0 Å². The van der Waals surface area contributed by atoms with E-state index in [1.165, 1.54) is 0 Å². The van der Waals surface area contributed by atoms with Crippen molar-refractivity contribution in [3.8, 4) is 5.75 Å². The average molecular weight is 273 g/mol. The van der Waals surface area contributed by atoms with Crippen LogP contribution in [0.4, 0.5) is 11.4 Å². The third-order valence-corrected chi connectivity index (χ3v) is 3.11. The number of rotatable bonds is 4. The molecular formula is C14H15N3OS. The van der Waals surface area contributed by atoms with Gasteiger partial charge in [-0.15, -0.1) is 0 Å². The molecular weight excluding hydrogens is 258 g/mol. The van der Waals surface area contributed by atoms with E-state index in [-0.39, 0.29) is 0 Å². The molecule has 0 saturated heterocycles. The van der Waals surface area contributed by atoms with Crippen molar-refractivity contribution in [2.45, 2.75) is 0 Å². The molecule has 0 bridgehead atoms. The van der Waals surface area contributed by atoms with Gasteiger partial charge in [0.15, 0.2) is 0 Å². The Bertz CT molecular complexity index is 583. The van der Waals surface area contributed by atoms with E-state index in [4.69, 9.17) is 22.7 Å². The maximum Gasteiger partial charge on any atom is 0.119 e. The van der Waals surface area contributed by atoms with Gasteiger partial charge in [0.05, 0.1) is 19.0 Å². The summed E-state index contributed by atoms with van der Waals surface area (Å²) in [7, 11) is 3.59. The second-order valence-electron chi connectivity index (χ2n) is 4.01. The van der Waals surface area contributed by atoms with Gasteiger partial charge < -0.3 is 15.4 Å². The van der Waals surface area contributed by atoms with Gasteiger partial charge >= 0.3 is 0 Å². The minimum atomic E-state index is 0.359. The number of methoxy groups -OCH3 is 1. The SMILES string of the molecule is COc1ccc(N(C)c2cnccc2C(N)=S)cc1. The third-order valence-electron chi connectivity index (χ3n) is 2.89. The maximum atomic E-state index is 5.73. The van der Waals surface area contributed by atoms with Crippen LogP contribution >= 0.6 is 12.2 Å². The molecule has 0 atom stereocenters. The summed E-state index contributed by atoms with van der Waals surface area (Å²) >= 11 is 5.06. The molecule has 1 heterocycles. The summed E-state index contributed by atoms with van der Waals surface area (Å²) in [4.78, 5) is 6.47. The first-order valence-corrected chi connectivity index (χ1v) is 6.16. The van der Waals surface area contributed by atoms with Crippen LogP contribution in [0.1, 0.15) is 5.56 Å². The molecule has 0 fully saturated rings. The van der Waals surface area contributed by atoms with Crippen LogP contribution in [-0.4, -0.2) is 24.1 Å². The Hall–Kier alpha value is -2.14. The summed E-state index contributed by atoms with van der Waals surface area (Å²) in [6.07, 6.45) is 3.43. The Morgan fingerprint density at radius 3 is 2.53 bits per heavy atom. The second-order valence-corrected chi connectivity index (χ2v) is 4.45. The quantitative estimate of drug-likeness (QED) is 0.867. The van der Waals surface area contributed by atoms with Gasteiger partial charge in [0.1, 0.15) is 10.7 Å². The Morgan fingerprint density at radius 2 is 1.95 bits per heavy atom. The van der Waals surface area contributed by atoms with E-state index >= 15 is 0 Å². The molecule has 2 N–H and O–H groups in total. The molecule has 0 radical (unpaired) electrons. The van der Waals surface area contributed by atoms with Crippen molar-refractivity contribution < 1.29 is 4.74 Å². The van der Waals surface area contributed by atoms with Crippen LogP contribution in [0.5, 0.6) is 5.75 Å². The van der Waals surface area contributed by atoms with Crippen molar-refractivity contribution in [2.75, 3.05) is 19.1 Å². The van der Waals surface area contributed by atoms with Crippen LogP contribution in [0.15, 0.2) is 42.7 Å². The van der Waals surface area contributed by atoms with E-state index < -0.39 is 0 Å². The number of thiocarbonyl (C=S) groups is 1. The molecule has 2 rings (SSSR count). The Balaban J connectivity index is 2.37.